The summed E-state index contributed by atoms with van der Waals surface area (Å²) in [7, 11) is 0. The van der Waals surface area contributed by atoms with Gasteiger partial charge in [-0.05, 0) is 72.5 Å². The van der Waals surface area contributed by atoms with Crippen LogP contribution in [0.25, 0.3) is 11.1 Å². The second kappa shape index (κ2) is 10.7. The summed E-state index contributed by atoms with van der Waals surface area (Å²) in [6.07, 6.45) is -4.51. The molecule has 1 heterocycles. The lowest BCUT2D eigenvalue weighted by Gasteiger charge is -2.24. The summed E-state index contributed by atoms with van der Waals surface area (Å²) >= 11 is 1.33. The van der Waals surface area contributed by atoms with E-state index >= 15 is 0 Å². The van der Waals surface area contributed by atoms with Crippen molar-refractivity contribution in [1.29, 1.82) is 0 Å². The summed E-state index contributed by atoms with van der Waals surface area (Å²) in [5.41, 5.74) is 2.26. The van der Waals surface area contributed by atoms with Gasteiger partial charge in [0.25, 0.3) is 5.91 Å². The highest BCUT2D eigenvalue weighted by atomic mass is 32.1. The van der Waals surface area contributed by atoms with Crippen molar-refractivity contribution in [2.24, 2.45) is 0 Å². The number of carboxylic acids is 1. The van der Waals surface area contributed by atoms with Gasteiger partial charge in [-0.3, -0.25) is 9.59 Å². The molecule has 3 rings (SSSR count). The molecule has 0 saturated heterocycles. The van der Waals surface area contributed by atoms with Gasteiger partial charge in [0, 0.05) is 16.8 Å². The molecule has 2 N–H and O–H groups in total. The van der Waals surface area contributed by atoms with Crippen molar-refractivity contribution in [2.75, 3.05) is 13.2 Å². The zero-order chi connectivity index (χ0) is 26.7. The number of rotatable bonds is 9. The zero-order valence-electron chi connectivity index (χ0n) is 20.5. The Balaban J connectivity index is 1.69. The Kier molecular flexibility index (Phi) is 8.13. The van der Waals surface area contributed by atoms with Crippen LogP contribution in [0.5, 0.6) is 5.75 Å². The Hall–Kier alpha value is -3.33. The molecule has 0 saturated carbocycles. The molecule has 2 aromatic carbocycles. The van der Waals surface area contributed by atoms with Crippen molar-refractivity contribution in [3.05, 3.63) is 75.0 Å². The molecule has 3 aromatic rings. The van der Waals surface area contributed by atoms with E-state index in [0.717, 1.165) is 33.7 Å². The molecule has 0 radical (unpaired) electrons. The summed E-state index contributed by atoms with van der Waals surface area (Å²) in [5, 5.41) is 11.3. The first-order valence-electron chi connectivity index (χ1n) is 11.3. The van der Waals surface area contributed by atoms with Crippen LogP contribution in [0.3, 0.4) is 0 Å². The van der Waals surface area contributed by atoms with Crippen LogP contribution >= 0.6 is 11.3 Å². The number of ether oxygens (including phenoxy) is 1. The van der Waals surface area contributed by atoms with Gasteiger partial charge in [0.2, 0.25) is 0 Å². The number of benzene rings is 2. The van der Waals surface area contributed by atoms with Crippen LogP contribution in [0, 0.1) is 13.8 Å². The van der Waals surface area contributed by atoms with E-state index in [1.807, 2.05) is 45.9 Å². The Morgan fingerprint density at radius 2 is 1.61 bits per heavy atom. The van der Waals surface area contributed by atoms with Crippen LogP contribution in [0.4, 0.5) is 13.2 Å². The number of amides is 1. The molecule has 0 aliphatic rings. The number of carbonyl (C=O) groups is 2. The Bertz CT molecular complexity index is 1220. The molecule has 9 heteroatoms. The van der Waals surface area contributed by atoms with Crippen molar-refractivity contribution >= 4 is 23.2 Å². The number of alkyl halides is 3. The minimum Gasteiger partial charge on any atom is -0.493 e. The molecule has 0 aliphatic carbocycles. The molecule has 0 unspecified atom stereocenters. The summed E-state index contributed by atoms with van der Waals surface area (Å²) in [6.45, 7) is 8.20. The maximum Gasteiger partial charge on any atom is 0.416 e. The minimum atomic E-state index is -4.37. The molecule has 0 bridgehead atoms. The van der Waals surface area contributed by atoms with Crippen LogP contribution < -0.4 is 10.1 Å². The van der Waals surface area contributed by atoms with Crippen LogP contribution in [-0.2, 0) is 16.4 Å². The van der Waals surface area contributed by atoms with Gasteiger partial charge < -0.3 is 15.2 Å². The lowest BCUT2D eigenvalue weighted by Crippen LogP contribution is -2.26. The highest BCUT2D eigenvalue weighted by Gasteiger charge is 2.30. The quantitative estimate of drug-likeness (QED) is 0.334. The van der Waals surface area contributed by atoms with Crippen molar-refractivity contribution in [2.45, 2.75) is 45.7 Å². The molecule has 5 nitrogen and oxygen atoms in total. The van der Waals surface area contributed by atoms with E-state index in [2.05, 4.69) is 5.32 Å². The van der Waals surface area contributed by atoms with Gasteiger partial charge in [0.15, 0.2) is 0 Å². The average molecular weight is 520 g/mol. The normalized spacial score (nSPS) is 11.9. The number of hydrogen-bond acceptors (Lipinski definition) is 4. The molecule has 192 valence electrons. The van der Waals surface area contributed by atoms with E-state index in [9.17, 15) is 22.8 Å². The second-order valence-corrected chi connectivity index (χ2v) is 10.3. The number of aryl methyl sites for hydroxylation is 2. The minimum absolute atomic E-state index is 0.0646. The summed E-state index contributed by atoms with van der Waals surface area (Å²) in [5.74, 6) is -0.635. The number of nitrogens with one attached hydrogen (secondary N) is 1. The van der Waals surface area contributed by atoms with Crippen molar-refractivity contribution < 1.29 is 32.6 Å². The molecule has 1 amide bonds. The first kappa shape index (κ1) is 27.3. The fourth-order valence-electron chi connectivity index (χ4n) is 3.82. The summed E-state index contributed by atoms with van der Waals surface area (Å²) < 4.78 is 44.8. The molecule has 36 heavy (non-hydrogen) atoms. The van der Waals surface area contributed by atoms with Crippen molar-refractivity contribution in [3.8, 4) is 16.9 Å². The topological polar surface area (TPSA) is 75.6 Å². The maximum absolute atomic E-state index is 12.9. The first-order chi connectivity index (χ1) is 16.8. The van der Waals surface area contributed by atoms with Crippen molar-refractivity contribution in [3.63, 3.8) is 0 Å². The third kappa shape index (κ3) is 6.66. The van der Waals surface area contributed by atoms with E-state index in [1.165, 1.54) is 23.5 Å². The van der Waals surface area contributed by atoms with Gasteiger partial charge in [-0.2, -0.15) is 13.2 Å². The van der Waals surface area contributed by atoms with Gasteiger partial charge >= 0.3 is 12.1 Å². The predicted octanol–water partition coefficient (Wildman–Crippen LogP) is 6.61. The number of hydrogen-bond donors (Lipinski definition) is 2. The Morgan fingerprint density at radius 1 is 1.00 bits per heavy atom. The number of carbonyl (C=O) groups excluding carboxylic acids is 1. The fraction of sp³-hybridized carbons (Fsp3) is 0.333. The number of thiophene rings is 1. The molecular weight excluding hydrogens is 491 g/mol. The van der Waals surface area contributed by atoms with Gasteiger partial charge in [-0.25, -0.2) is 0 Å². The average Bonchev–Trinajstić information content (AvgIpc) is 3.28. The standard InChI is InChI=1S/C27H28F3NO4S/c1-16-13-20(14-17(2)24(16)18-5-7-19(8-6-18)27(28,29)30)35-15-26(3,4)22-10-9-21(36-22)25(34)31-12-11-23(32)33/h5-10,13-14H,11-12,15H2,1-4H3,(H,31,34)(H,32,33). The monoisotopic (exact) mass is 519 g/mol. The van der Waals surface area contributed by atoms with Crippen LogP contribution in [0.1, 0.15) is 51.5 Å². The van der Waals surface area contributed by atoms with E-state index in [4.69, 9.17) is 9.84 Å². The predicted molar refractivity (Wildman–Crippen MR) is 134 cm³/mol. The molecule has 0 fully saturated rings. The second-order valence-electron chi connectivity index (χ2n) is 9.24. The van der Waals surface area contributed by atoms with Gasteiger partial charge in [0.05, 0.1) is 23.5 Å². The van der Waals surface area contributed by atoms with Gasteiger partial charge in [0.1, 0.15) is 5.75 Å². The largest absolute Gasteiger partial charge is 0.493 e. The summed E-state index contributed by atoms with van der Waals surface area (Å²) in [4.78, 5) is 24.3. The first-order valence-corrected chi connectivity index (χ1v) is 12.1. The van der Waals surface area contributed by atoms with Gasteiger partial charge in [-0.1, -0.05) is 26.0 Å². The summed E-state index contributed by atoms with van der Waals surface area (Å²) in [6, 6.07) is 12.4. The Labute approximate surface area is 211 Å². The highest BCUT2D eigenvalue weighted by molar-refractivity contribution is 7.14. The third-order valence-corrected chi connectivity index (χ3v) is 7.18. The van der Waals surface area contributed by atoms with Crippen molar-refractivity contribution in [1.82, 2.24) is 5.32 Å². The molecule has 1 aromatic heterocycles. The number of carboxylic acid groups (broad SMARTS) is 1. The van der Waals surface area contributed by atoms with Crippen LogP contribution in [-0.4, -0.2) is 30.1 Å². The molecule has 0 atom stereocenters. The fourth-order valence-corrected chi connectivity index (χ4v) is 4.83. The maximum atomic E-state index is 12.9. The van der Waals surface area contributed by atoms with Crippen LogP contribution in [0.15, 0.2) is 48.5 Å². The third-order valence-electron chi connectivity index (χ3n) is 5.73. The number of halogens is 3. The smallest absolute Gasteiger partial charge is 0.416 e. The number of aliphatic carboxylic acids is 1. The Morgan fingerprint density at radius 3 is 2.17 bits per heavy atom. The SMILES string of the molecule is Cc1cc(OCC(C)(C)c2ccc(C(=O)NCCC(=O)O)s2)cc(C)c1-c1ccc(C(F)(F)F)cc1. The van der Waals surface area contributed by atoms with Crippen LogP contribution in [0.2, 0.25) is 0 Å². The molecule has 0 spiro atoms. The zero-order valence-corrected chi connectivity index (χ0v) is 21.3. The van der Waals surface area contributed by atoms with E-state index in [1.54, 1.807) is 6.07 Å². The lowest BCUT2D eigenvalue weighted by atomic mass is 9.92. The van der Waals surface area contributed by atoms with E-state index in [0.29, 0.717) is 22.8 Å². The molecule has 0 aliphatic heterocycles. The van der Waals surface area contributed by atoms with Gasteiger partial charge in [-0.15, -0.1) is 11.3 Å². The lowest BCUT2D eigenvalue weighted by molar-refractivity contribution is -0.138. The highest BCUT2D eigenvalue weighted by Crippen LogP contribution is 2.36. The van der Waals surface area contributed by atoms with E-state index < -0.39 is 23.1 Å². The van der Waals surface area contributed by atoms with E-state index in [-0.39, 0.29) is 18.9 Å². The molecular formula is C27H28F3NO4S.